The third kappa shape index (κ3) is 4.65. The molecular formula is C27H23ClFN7O. The van der Waals surface area contributed by atoms with E-state index in [1.807, 2.05) is 29.8 Å². The Morgan fingerprint density at radius 1 is 1.14 bits per heavy atom. The smallest absolute Gasteiger partial charge is 0.253 e. The summed E-state index contributed by atoms with van der Waals surface area (Å²) in [6.45, 7) is 0.491. The van der Waals surface area contributed by atoms with Crippen LogP contribution in [0.3, 0.4) is 0 Å². The van der Waals surface area contributed by atoms with Gasteiger partial charge in [-0.2, -0.15) is 5.10 Å². The van der Waals surface area contributed by atoms with Crippen molar-refractivity contribution < 1.29 is 9.18 Å². The number of carbonyl (C=O) groups is 1. The summed E-state index contributed by atoms with van der Waals surface area (Å²) >= 11 is 6.53. The van der Waals surface area contributed by atoms with Gasteiger partial charge in [0.1, 0.15) is 5.82 Å². The molecule has 0 spiro atoms. The average molecular weight is 516 g/mol. The van der Waals surface area contributed by atoms with Crippen LogP contribution >= 0.6 is 11.6 Å². The van der Waals surface area contributed by atoms with E-state index in [2.05, 4.69) is 20.7 Å². The summed E-state index contributed by atoms with van der Waals surface area (Å²) in [5.41, 5.74) is 5.02. The van der Waals surface area contributed by atoms with Gasteiger partial charge in [0.15, 0.2) is 11.5 Å². The van der Waals surface area contributed by atoms with Crippen LogP contribution in [0.15, 0.2) is 67.1 Å². The lowest BCUT2D eigenvalue weighted by atomic mass is 10.1. The highest BCUT2D eigenvalue weighted by Crippen LogP contribution is 2.31. The summed E-state index contributed by atoms with van der Waals surface area (Å²) in [7, 11) is 1.88. The quantitative estimate of drug-likeness (QED) is 0.315. The van der Waals surface area contributed by atoms with Crippen molar-refractivity contribution in [1.82, 2.24) is 29.5 Å². The fourth-order valence-corrected chi connectivity index (χ4v) is 4.45. The molecule has 1 saturated carbocycles. The summed E-state index contributed by atoms with van der Waals surface area (Å²) in [4.78, 5) is 22.0. The number of fused-ring (bicyclic) bond motifs is 1. The van der Waals surface area contributed by atoms with Crippen LogP contribution in [-0.4, -0.2) is 36.1 Å². The molecule has 10 heteroatoms. The van der Waals surface area contributed by atoms with Crippen molar-refractivity contribution in [1.29, 1.82) is 0 Å². The molecule has 0 saturated heterocycles. The maximum atomic E-state index is 13.6. The van der Waals surface area contributed by atoms with Gasteiger partial charge in [-0.15, -0.1) is 0 Å². The van der Waals surface area contributed by atoms with E-state index < -0.39 is 0 Å². The maximum Gasteiger partial charge on any atom is 0.253 e. The highest BCUT2D eigenvalue weighted by molar-refractivity contribution is 6.34. The molecule has 5 aromatic rings. The second-order valence-electron chi connectivity index (χ2n) is 9.06. The van der Waals surface area contributed by atoms with Crippen LogP contribution in [0.25, 0.3) is 28.2 Å². The number of aryl methyl sites for hydroxylation is 1. The molecule has 2 N–H and O–H groups in total. The van der Waals surface area contributed by atoms with Gasteiger partial charge in [-0.1, -0.05) is 17.7 Å². The fourth-order valence-electron chi connectivity index (χ4n) is 4.18. The van der Waals surface area contributed by atoms with Crippen molar-refractivity contribution in [3.8, 4) is 22.5 Å². The van der Waals surface area contributed by atoms with E-state index in [1.54, 1.807) is 41.3 Å². The first kappa shape index (κ1) is 23.2. The van der Waals surface area contributed by atoms with E-state index in [4.69, 9.17) is 16.6 Å². The molecule has 0 bridgehead atoms. The Labute approximate surface area is 217 Å². The number of halogens is 2. The van der Waals surface area contributed by atoms with Gasteiger partial charge in [0.05, 0.1) is 40.4 Å². The molecule has 1 fully saturated rings. The third-order valence-corrected chi connectivity index (χ3v) is 6.73. The summed E-state index contributed by atoms with van der Waals surface area (Å²) in [6.07, 6.45) is 7.36. The largest absolute Gasteiger partial charge is 0.361 e. The molecule has 37 heavy (non-hydrogen) atoms. The van der Waals surface area contributed by atoms with E-state index in [9.17, 15) is 9.18 Å². The Kier molecular flexibility index (Phi) is 5.84. The van der Waals surface area contributed by atoms with E-state index in [0.717, 1.165) is 35.4 Å². The molecule has 6 rings (SSSR count). The van der Waals surface area contributed by atoms with Crippen molar-refractivity contribution in [2.75, 3.05) is 5.32 Å². The standard InChI is InChI=1S/C27H23ClFN7O/c1-35-20(10-11-32-35)13-30-25-26-31-14-24(36(26)15-23(34-25)16-2-5-18(29)6-3-16)17-4-9-21(22(28)12-17)27(37)33-19-7-8-19/h2-6,9-12,14-15,19H,7-8,13H2,1H3,(H,30,34)(H,33,37). The number of benzene rings is 2. The predicted molar refractivity (Wildman–Crippen MR) is 140 cm³/mol. The van der Waals surface area contributed by atoms with E-state index in [-0.39, 0.29) is 17.8 Å². The number of anilines is 1. The Bertz CT molecular complexity index is 1620. The molecule has 3 aromatic heterocycles. The van der Waals surface area contributed by atoms with Gasteiger partial charge < -0.3 is 10.6 Å². The van der Waals surface area contributed by atoms with E-state index >= 15 is 0 Å². The molecule has 0 unspecified atom stereocenters. The number of nitrogens with one attached hydrogen (secondary N) is 2. The monoisotopic (exact) mass is 515 g/mol. The number of amides is 1. The topological polar surface area (TPSA) is 89.1 Å². The van der Waals surface area contributed by atoms with Crippen molar-refractivity contribution in [2.45, 2.75) is 25.4 Å². The first-order valence-corrected chi connectivity index (χ1v) is 12.3. The normalized spacial score (nSPS) is 13.2. The number of imidazole rings is 1. The highest BCUT2D eigenvalue weighted by Gasteiger charge is 2.25. The lowest BCUT2D eigenvalue weighted by Crippen LogP contribution is -2.25. The zero-order valence-electron chi connectivity index (χ0n) is 19.9. The van der Waals surface area contributed by atoms with Gasteiger partial charge in [-0.3, -0.25) is 13.9 Å². The van der Waals surface area contributed by atoms with Crippen LogP contribution in [0, 0.1) is 5.82 Å². The Morgan fingerprint density at radius 2 is 1.92 bits per heavy atom. The van der Waals surface area contributed by atoms with Crippen LogP contribution in [0.1, 0.15) is 28.9 Å². The molecule has 8 nitrogen and oxygen atoms in total. The second-order valence-corrected chi connectivity index (χ2v) is 9.47. The second kappa shape index (κ2) is 9.33. The Morgan fingerprint density at radius 3 is 2.62 bits per heavy atom. The number of nitrogens with zero attached hydrogens (tertiary/aromatic N) is 5. The molecule has 0 radical (unpaired) electrons. The van der Waals surface area contributed by atoms with Gasteiger partial charge in [0.25, 0.3) is 5.91 Å². The van der Waals surface area contributed by atoms with Crippen LogP contribution in [0.4, 0.5) is 10.2 Å². The van der Waals surface area contributed by atoms with Crippen LogP contribution in [-0.2, 0) is 13.6 Å². The number of rotatable bonds is 7. The van der Waals surface area contributed by atoms with Crippen molar-refractivity contribution >= 4 is 29.0 Å². The lowest BCUT2D eigenvalue weighted by Gasteiger charge is -2.12. The zero-order chi connectivity index (χ0) is 25.5. The molecule has 186 valence electrons. The maximum absolute atomic E-state index is 13.6. The summed E-state index contributed by atoms with van der Waals surface area (Å²) in [6, 6.07) is 13.7. The number of aromatic nitrogens is 5. The summed E-state index contributed by atoms with van der Waals surface area (Å²) in [5.74, 6) is 0.0885. The number of hydrogen-bond donors (Lipinski definition) is 2. The molecule has 0 aliphatic heterocycles. The lowest BCUT2D eigenvalue weighted by molar-refractivity contribution is 0.0951. The first-order chi connectivity index (χ1) is 18.0. The van der Waals surface area contributed by atoms with Gasteiger partial charge in [-0.25, -0.2) is 14.4 Å². The summed E-state index contributed by atoms with van der Waals surface area (Å²) < 4.78 is 17.3. The van der Waals surface area contributed by atoms with Crippen LogP contribution in [0.5, 0.6) is 0 Å². The van der Waals surface area contributed by atoms with Crippen molar-refractivity contribution in [3.63, 3.8) is 0 Å². The SMILES string of the molecule is Cn1nccc1CNc1nc(-c2ccc(F)cc2)cn2c(-c3ccc(C(=O)NC4CC4)c(Cl)c3)cnc12. The molecule has 2 aromatic carbocycles. The molecule has 0 atom stereocenters. The minimum atomic E-state index is -0.317. The number of hydrogen-bond acceptors (Lipinski definition) is 5. The minimum Gasteiger partial charge on any atom is -0.361 e. The van der Waals surface area contributed by atoms with Gasteiger partial charge >= 0.3 is 0 Å². The predicted octanol–water partition coefficient (Wildman–Crippen LogP) is 5.09. The number of carbonyl (C=O) groups excluding carboxylic acids is 1. The van der Waals surface area contributed by atoms with Crippen LogP contribution < -0.4 is 10.6 Å². The van der Waals surface area contributed by atoms with Gasteiger partial charge in [0.2, 0.25) is 0 Å². The molecule has 1 aliphatic carbocycles. The Balaban J connectivity index is 1.41. The zero-order valence-corrected chi connectivity index (χ0v) is 20.7. The molecule has 1 aliphatic rings. The molecule has 3 heterocycles. The minimum absolute atomic E-state index is 0.165. The van der Waals surface area contributed by atoms with E-state index in [0.29, 0.717) is 34.3 Å². The first-order valence-electron chi connectivity index (χ1n) is 11.9. The molecule has 1 amide bonds. The van der Waals surface area contributed by atoms with Gasteiger partial charge in [0, 0.05) is 36.6 Å². The van der Waals surface area contributed by atoms with Crippen molar-refractivity contribution in [2.24, 2.45) is 7.05 Å². The summed E-state index contributed by atoms with van der Waals surface area (Å²) in [5, 5.41) is 10.9. The third-order valence-electron chi connectivity index (χ3n) is 6.41. The van der Waals surface area contributed by atoms with E-state index in [1.165, 1.54) is 12.1 Å². The molecular weight excluding hydrogens is 493 g/mol. The van der Waals surface area contributed by atoms with Crippen LogP contribution in [0.2, 0.25) is 5.02 Å². The fraction of sp³-hybridized carbons (Fsp3) is 0.185. The Hall–Kier alpha value is -4.24. The highest BCUT2D eigenvalue weighted by atomic mass is 35.5. The average Bonchev–Trinajstić information content (AvgIpc) is 3.44. The van der Waals surface area contributed by atoms with Crippen molar-refractivity contribution in [3.05, 3.63) is 89.2 Å². The van der Waals surface area contributed by atoms with Gasteiger partial charge in [-0.05, 0) is 55.3 Å².